The van der Waals surface area contributed by atoms with E-state index in [2.05, 4.69) is 38.0 Å². The van der Waals surface area contributed by atoms with Crippen LogP contribution >= 0.6 is 0 Å². The smallest absolute Gasteiger partial charge is 0.00673 e. The van der Waals surface area contributed by atoms with Gasteiger partial charge in [-0.15, -0.1) is 0 Å². The Hall–Kier alpha value is -0.0800. The van der Waals surface area contributed by atoms with Crippen LogP contribution in [0.3, 0.4) is 0 Å². The Balaban J connectivity index is 1.65. The van der Waals surface area contributed by atoms with E-state index < -0.39 is 0 Å². The molecule has 1 saturated heterocycles. The van der Waals surface area contributed by atoms with Gasteiger partial charge in [-0.05, 0) is 82.5 Å². The minimum atomic E-state index is 0.554. The van der Waals surface area contributed by atoms with Crippen molar-refractivity contribution in [2.75, 3.05) is 26.7 Å². The summed E-state index contributed by atoms with van der Waals surface area (Å²) < 4.78 is 0. The predicted molar refractivity (Wildman–Crippen MR) is 88.0 cm³/mol. The molecular weight excluding hydrogens is 244 g/mol. The number of hydrogen-bond donors (Lipinski definition) is 1. The molecule has 0 aromatic heterocycles. The van der Waals surface area contributed by atoms with Crippen molar-refractivity contribution < 1.29 is 0 Å². The summed E-state index contributed by atoms with van der Waals surface area (Å²) in [6.07, 6.45) is 9.79. The van der Waals surface area contributed by atoms with Gasteiger partial charge in [-0.3, -0.25) is 0 Å². The molecule has 0 spiro atoms. The lowest BCUT2D eigenvalue weighted by molar-refractivity contribution is 0.133. The van der Waals surface area contributed by atoms with Gasteiger partial charge in [0.05, 0.1) is 0 Å². The van der Waals surface area contributed by atoms with Crippen molar-refractivity contribution in [2.45, 2.75) is 71.8 Å². The van der Waals surface area contributed by atoms with Crippen molar-refractivity contribution in [3.05, 3.63) is 0 Å². The van der Waals surface area contributed by atoms with Gasteiger partial charge in [0, 0.05) is 6.04 Å². The topological polar surface area (TPSA) is 15.3 Å². The molecule has 1 aliphatic carbocycles. The van der Waals surface area contributed by atoms with E-state index in [1.807, 2.05) is 0 Å². The zero-order chi connectivity index (χ0) is 14.6. The lowest BCUT2D eigenvalue weighted by Crippen LogP contribution is -2.41. The summed E-state index contributed by atoms with van der Waals surface area (Å²) in [6.45, 7) is 11.1. The van der Waals surface area contributed by atoms with Crippen molar-refractivity contribution in [2.24, 2.45) is 17.3 Å². The zero-order valence-electron chi connectivity index (χ0n) is 14.3. The molecule has 0 amide bonds. The van der Waals surface area contributed by atoms with Crippen molar-refractivity contribution in [3.8, 4) is 0 Å². The van der Waals surface area contributed by atoms with Crippen LogP contribution in [0.15, 0.2) is 0 Å². The summed E-state index contributed by atoms with van der Waals surface area (Å²) in [6, 6.07) is 0.804. The molecule has 118 valence electrons. The first-order chi connectivity index (χ1) is 9.51. The highest BCUT2D eigenvalue weighted by atomic mass is 15.1. The molecule has 0 atom stereocenters. The number of piperidine rings is 1. The SMILES string of the molecule is CCC(C)(C)C1CCC(NCC2CCN(C)CC2)CC1. The van der Waals surface area contributed by atoms with Gasteiger partial charge < -0.3 is 10.2 Å². The van der Waals surface area contributed by atoms with E-state index >= 15 is 0 Å². The van der Waals surface area contributed by atoms with Crippen LogP contribution in [0.25, 0.3) is 0 Å². The van der Waals surface area contributed by atoms with E-state index in [4.69, 9.17) is 0 Å². The monoisotopic (exact) mass is 280 g/mol. The summed E-state index contributed by atoms with van der Waals surface area (Å²) in [5, 5.41) is 3.88. The van der Waals surface area contributed by atoms with Gasteiger partial charge in [-0.1, -0.05) is 27.2 Å². The second-order valence-corrected chi connectivity index (χ2v) is 8.05. The van der Waals surface area contributed by atoms with Crippen LogP contribution in [0.1, 0.15) is 65.7 Å². The first-order valence-electron chi connectivity index (χ1n) is 8.93. The fourth-order valence-corrected chi connectivity index (χ4v) is 3.97. The number of nitrogens with one attached hydrogen (secondary N) is 1. The van der Waals surface area contributed by atoms with Crippen LogP contribution in [-0.2, 0) is 0 Å². The minimum absolute atomic E-state index is 0.554. The number of likely N-dealkylation sites (tertiary alicyclic amines) is 1. The Bertz CT molecular complexity index is 271. The van der Waals surface area contributed by atoms with E-state index in [0.29, 0.717) is 5.41 Å². The van der Waals surface area contributed by atoms with Gasteiger partial charge in [0.2, 0.25) is 0 Å². The Morgan fingerprint density at radius 3 is 2.15 bits per heavy atom. The Labute approximate surface area is 126 Å². The highest BCUT2D eigenvalue weighted by Crippen LogP contribution is 2.40. The minimum Gasteiger partial charge on any atom is -0.314 e. The molecular formula is C18H36N2. The second-order valence-electron chi connectivity index (χ2n) is 8.05. The van der Waals surface area contributed by atoms with Crippen LogP contribution in [0.5, 0.6) is 0 Å². The zero-order valence-corrected chi connectivity index (χ0v) is 14.3. The third-order valence-corrected chi connectivity index (χ3v) is 6.28. The summed E-state index contributed by atoms with van der Waals surface area (Å²) in [7, 11) is 2.25. The van der Waals surface area contributed by atoms with Crippen molar-refractivity contribution in [3.63, 3.8) is 0 Å². The molecule has 2 nitrogen and oxygen atoms in total. The molecule has 1 N–H and O–H groups in total. The van der Waals surface area contributed by atoms with Gasteiger partial charge in [-0.2, -0.15) is 0 Å². The fraction of sp³-hybridized carbons (Fsp3) is 1.00. The molecule has 0 aromatic carbocycles. The molecule has 1 saturated carbocycles. The third kappa shape index (κ3) is 4.46. The quantitative estimate of drug-likeness (QED) is 0.821. The maximum Gasteiger partial charge on any atom is 0.00673 e. The maximum absolute atomic E-state index is 3.88. The van der Waals surface area contributed by atoms with Gasteiger partial charge in [0.25, 0.3) is 0 Å². The number of nitrogens with zero attached hydrogens (tertiary/aromatic N) is 1. The lowest BCUT2D eigenvalue weighted by Gasteiger charge is -2.39. The van der Waals surface area contributed by atoms with Crippen LogP contribution in [0, 0.1) is 17.3 Å². The molecule has 0 aromatic rings. The molecule has 2 aliphatic rings. The second kappa shape index (κ2) is 7.26. The molecule has 2 rings (SSSR count). The average molecular weight is 280 g/mol. The third-order valence-electron chi connectivity index (χ3n) is 6.28. The van der Waals surface area contributed by atoms with Crippen molar-refractivity contribution >= 4 is 0 Å². The van der Waals surface area contributed by atoms with Crippen LogP contribution in [-0.4, -0.2) is 37.6 Å². The maximum atomic E-state index is 3.88. The summed E-state index contributed by atoms with van der Waals surface area (Å²) in [5.74, 6) is 1.88. The Morgan fingerprint density at radius 1 is 1.00 bits per heavy atom. The largest absolute Gasteiger partial charge is 0.314 e. The molecule has 0 radical (unpaired) electrons. The van der Waals surface area contributed by atoms with E-state index in [1.54, 1.807) is 0 Å². The van der Waals surface area contributed by atoms with E-state index in [-0.39, 0.29) is 0 Å². The average Bonchev–Trinajstić information content (AvgIpc) is 2.47. The normalized spacial score (nSPS) is 30.6. The molecule has 2 fully saturated rings. The van der Waals surface area contributed by atoms with Gasteiger partial charge in [-0.25, -0.2) is 0 Å². The Kier molecular flexibility index (Phi) is 5.92. The lowest BCUT2D eigenvalue weighted by atomic mass is 9.69. The molecule has 20 heavy (non-hydrogen) atoms. The first-order valence-corrected chi connectivity index (χ1v) is 8.93. The summed E-state index contributed by atoms with van der Waals surface area (Å²) in [4.78, 5) is 2.47. The van der Waals surface area contributed by atoms with Crippen LogP contribution in [0.2, 0.25) is 0 Å². The van der Waals surface area contributed by atoms with E-state index in [9.17, 15) is 0 Å². The summed E-state index contributed by atoms with van der Waals surface area (Å²) in [5.41, 5.74) is 0.554. The number of hydrogen-bond acceptors (Lipinski definition) is 2. The van der Waals surface area contributed by atoms with Crippen molar-refractivity contribution in [1.82, 2.24) is 10.2 Å². The molecule has 0 unspecified atom stereocenters. The predicted octanol–water partition coefficient (Wildman–Crippen LogP) is 3.91. The molecule has 2 heteroatoms. The van der Waals surface area contributed by atoms with Gasteiger partial charge in [0.15, 0.2) is 0 Å². The fourth-order valence-electron chi connectivity index (χ4n) is 3.97. The summed E-state index contributed by atoms with van der Waals surface area (Å²) >= 11 is 0. The molecule has 1 aliphatic heterocycles. The Morgan fingerprint density at radius 2 is 1.60 bits per heavy atom. The molecule has 0 bridgehead atoms. The first kappa shape index (κ1) is 16.3. The number of rotatable bonds is 5. The van der Waals surface area contributed by atoms with Crippen LogP contribution < -0.4 is 5.32 Å². The highest BCUT2D eigenvalue weighted by Gasteiger charge is 2.31. The highest BCUT2D eigenvalue weighted by molar-refractivity contribution is 4.85. The van der Waals surface area contributed by atoms with Gasteiger partial charge in [0.1, 0.15) is 0 Å². The van der Waals surface area contributed by atoms with Crippen LogP contribution in [0.4, 0.5) is 0 Å². The standard InChI is InChI=1S/C18H36N2/c1-5-18(2,3)16-6-8-17(9-7-16)19-14-15-10-12-20(4)13-11-15/h15-17,19H,5-14H2,1-4H3. The van der Waals surface area contributed by atoms with Crippen molar-refractivity contribution in [1.29, 1.82) is 0 Å². The van der Waals surface area contributed by atoms with Gasteiger partial charge >= 0.3 is 0 Å². The van der Waals surface area contributed by atoms with E-state index in [0.717, 1.165) is 17.9 Å². The van der Waals surface area contributed by atoms with E-state index in [1.165, 1.54) is 64.6 Å². The molecule has 1 heterocycles.